The number of alkyl halides is 3. The van der Waals surface area contributed by atoms with Gasteiger partial charge in [-0.1, -0.05) is 18.5 Å². The summed E-state index contributed by atoms with van der Waals surface area (Å²) in [7, 11) is 3.26. The molecule has 1 aliphatic heterocycles. The Morgan fingerprint density at radius 3 is 2.23 bits per heavy atom. The number of amides is 2. The number of piperidine rings is 1. The average Bonchev–Trinajstić information content (AvgIpc) is 2.88. The summed E-state index contributed by atoms with van der Waals surface area (Å²) in [4.78, 5) is 27.3. The van der Waals surface area contributed by atoms with E-state index in [0.717, 1.165) is 17.7 Å². The van der Waals surface area contributed by atoms with Crippen molar-refractivity contribution in [2.75, 3.05) is 33.8 Å². The predicted octanol–water partition coefficient (Wildman–Crippen LogP) is 5.80. The van der Waals surface area contributed by atoms with E-state index in [4.69, 9.17) is 16.3 Å². The fourth-order valence-corrected chi connectivity index (χ4v) is 4.92. The first-order valence-corrected chi connectivity index (χ1v) is 13.2. The van der Waals surface area contributed by atoms with Crippen LogP contribution in [0.1, 0.15) is 48.5 Å². The van der Waals surface area contributed by atoms with Crippen LogP contribution in [0.15, 0.2) is 36.4 Å². The Bertz CT molecular complexity index is 1200. The molecule has 3 rings (SSSR count). The number of nitrogens with zero attached hydrogens (tertiary/aromatic N) is 2. The summed E-state index contributed by atoms with van der Waals surface area (Å²) in [5.74, 6) is -3.73. The Hall–Kier alpha value is -2.92. The molecule has 2 aromatic carbocycles. The van der Waals surface area contributed by atoms with Crippen molar-refractivity contribution < 1.29 is 41.4 Å². The van der Waals surface area contributed by atoms with Crippen LogP contribution < -0.4 is 4.74 Å². The van der Waals surface area contributed by atoms with Crippen molar-refractivity contribution in [1.29, 1.82) is 0 Å². The highest BCUT2D eigenvalue weighted by Gasteiger charge is 2.62. The zero-order valence-corrected chi connectivity index (χ0v) is 23.2. The molecule has 0 saturated carbocycles. The zero-order valence-electron chi connectivity index (χ0n) is 22.4. The number of hydrogen-bond acceptors (Lipinski definition) is 4. The van der Waals surface area contributed by atoms with Gasteiger partial charge in [0.1, 0.15) is 17.4 Å². The summed E-state index contributed by atoms with van der Waals surface area (Å²) in [5, 5.41) is 10.8. The van der Waals surface area contributed by atoms with Gasteiger partial charge in [0, 0.05) is 38.8 Å². The molecule has 1 N–H and O–H groups in total. The van der Waals surface area contributed by atoms with Gasteiger partial charge in [0.15, 0.2) is 0 Å². The van der Waals surface area contributed by atoms with Crippen molar-refractivity contribution in [1.82, 2.24) is 9.80 Å². The molecule has 0 bridgehead atoms. The standard InChI is InChI=1S/C28H32ClF5N2O4/c1-17(16-40-22-6-7-23(24(29)15-22)25(37)35(2)3)4-5-18-8-10-36(11-9-18)26(38)27(39,28(32,33)34)19-12-20(30)14-21(31)13-19/h6-7,12-15,17-18,39H,4-5,8-11,16H2,1-3H3/t17-,27+/m0/s1. The second kappa shape index (κ2) is 12.7. The summed E-state index contributed by atoms with van der Waals surface area (Å²) < 4.78 is 74.7. The molecule has 0 radical (unpaired) electrons. The van der Waals surface area contributed by atoms with E-state index in [1.165, 1.54) is 4.90 Å². The highest BCUT2D eigenvalue weighted by atomic mass is 35.5. The number of ether oxygens (including phenoxy) is 1. The van der Waals surface area contributed by atoms with E-state index >= 15 is 0 Å². The van der Waals surface area contributed by atoms with Gasteiger partial charge in [-0.05, 0) is 67.9 Å². The fourth-order valence-electron chi connectivity index (χ4n) is 4.67. The van der Waals surface area contributed by atoms with Crippen LogP contribution in [0.2, 0.25) is 5.02 Å². The molecule has 220 valence electrons. The molecule has 1 heterocycles. The van der Waals surface area contributed by atoms with E-state index in [-0.39, 0.29) is 35.9 Å². The second-order valence-corrected chi connectivity index (χ2v) is 10.8. The van der Waals surface area contributed by atoms with Crippen molar-refractivity contribution in [2.45, 2.75) is 44.4 Å². The lowest BCUT2D eigenvalue weighted by Gasteiger charge is -2.38. The monoisotopic (exact) mass is 590 g/mol. The van der Waals surface area contributed by atoms with Crippen molar-refractivity contribution in [3.8, 4) is 5.75 Å². The summed E-state index contributed by atoms with van der Waals surface area (Å²) in [6.45, 7) is 2.32. The molecule has 40 heavy (non-hydrogen) atoms. The van der Waals surface area contributed by atoms with Crippen LogP contribution in [0.3, 0.4) is 0 Å². The lowest BCUT2D eigenvalue weighted by molar-refractivity contribution is -0.262. The number of likely N-dealkylation sites (tertiary alicyclic amines) is 1. The molecule has 0 aromatic heterocycles. The van der Waals surface area contributed by atoms with Gasteiger partial charge in [-0.25, -0.2) is 8.78 Å². The van der Waals surface area contributed by atoms with Gasteiger partial charge in [-0.2, -0.15) is 13.2 Å². The van der Waals surface area contributed by atoms with Crippen LogP contribution in [0.4, 0.5) is 22.0 Å². The molecular weight excluding hydrogens is 559 g/mol. The highest BCUT2D eigenvalue weighted by Crippen LogP contribution is 2.42. The number of benzene rings is 2. The molecule has 2 amide bonds. The number of carbonyl (C=O) groups excluding carboxylic acids is 2. The van der Waals surface area contributed by atoms with E-state index < -0.39 is 34.9 Å². The van der Waals surface area contributed by atoms with Crippen LogP contribution in [0.5, 0.6) is 5.75 Å². The Balaban J connectivity index is 1.52. The van der Waals surface area contributed by atoms with Gasteiger partial charge in [-0.15, -0.1) is 0 Å². The van der Waals surface area contributed by atoms with Gasteiger partial charge in [-0.3, -0.25) is 9.59 Å². The normalized spacial score (nSPS) is 16.8. The van der Waals surface area contributed by atoms with Gasteiger partial charge in [0.25, 0.3) is 17.4 Å². The minimum absolute atomic E-state index is 0.0267. The molecule has 6 nitrogen and oxygen atoms in total. The molecule has 0 aliphatic carbocycles. The number of halogens is 6. The van der Waals surface area contributed by atoms with Crippen LogP contribution in [-0.2, 0) is 10.4 Å². The quantitative estimate of drug-likeness (QED) is 0.375. The number of aliphatic hydroxyl groups is 1. The SMILES string of the molecule is C[C@@H](CCC1CCN(C(=O)[C@](O)(c2cc(F)cc(F)c2)C(F)(F)F)CC1)COc1ccc(C(=O)N(C)C)c(Cl)c1. The Kier molecular flexibility index (Phi) is 10.1. The summed E-state index contributed by atoms with van der Waals surface area (Å²) in [6, 6.07) is 5.85. The molecule has 12 heteroatoms. The van der Waals surface area contributed by atoms with Crippen molar-refractivity contribution in [3.63, 3.8) is 0 Å². The van der Waals surface area contributed by atoms with Crippen LogP contribution in [0, 0.1) is 23.5 Å². The van der Waals surface area contributed by atoms with Gasteiger partial charge in [0.05, 0.1) is 17.2 Å². The second-order valence-electron chi connectivity index (χ2n) is 10.4. The third-order valence-corrected chi connectivity index (χ3v) is 7.39. The molecule has 1 saturated heterocycles. The molecule has 1 fully saturated rings. The minimum Gasteiger partial charge on any atom is -0.493 e. The summed E-state index contributed by atoms with van der Waals surface area (Å²) in [6.07, 6.45) is -3.13. The van der Waals surface area contributed by atoms with E-state index in [1.54, 1.807) is 32.3 Å². The van der Waals surface area contributed by atoms with E-state index in [0.29, 0.717) is 49.0 Å². The zero-order chi connectivity index (χ0) is 29.8. The maximum absolute atomic E-state index is 13.9. The number of carbonyl (C=O) groups is 2. The van der Waals surface area contributed by atoms with Gasteiger partial charge < -0.3 is 19.6 Å². The predicted molar refractivity (Wildman–Crippen MR) is 139 cm³/mol. The van der Waals surface area contributed by atoms with Crippen LogP contribution in [-0.4, -0.2) is 66.7 Å². The molecule has 2 aromatic rings. The van der Waals surface area contributed by atoms with Crippen molar-refractivity contribution >= 4 is 23.4 Å². The first-order valence-electron chi connectivity index (χ1n) is 12.8. The third-order valence-electron chi connectivity index (χ3n) is 7.08. The lowest BCUT2D eigenvalue weighted by atomic mass is 9.87. The molecule has 1 aliphatic rings. The van der Waals surface area contributed by atoms with Crippen LogP contribution >= 0.6 is 11.6 Å². The Labute approximate surface area is 234 Å². The maximum atomic E-state index is 13.9. The smallest absolute Gasteiger partial charge is 0.430 e. The first-order chi connectivity index (χ1) is 18.6. The van der Waals surface area contributed by atoms with Gasteiger partial charge in [0.2, 0.25) is 0 Å². The fraction of sp³-hybridized carbons (Fsp3) is 0.500. The van der Waals surface area contributed by atoms with E-state index in [1.807, 2.05) is 6.92 Å². The van der Waals surface area contributed by atoms with Crippen molar-refractivity contribution in [2.24, 2.45) is 11.8 Å². The van der Waals surface area contributed by atoms with Crippen molar-refractivity contribution in [3.05, 3.63) is 64.2 Å². The highest BCUT2D eigenvalue weighted by molar-refractivity contribution is 6.34. The first kappa shape index (κ1) is 31.6. The molecular formula is C28H32ClF5N2O4. The third kappa shape index (κ3) is 7.23. The molecule has 0 unspecified atom stereocenters. The van der Waals surface area contributed by atoms with Crippen LogP contribution in [0.25, 0.3) is 0 Å². The van der Waals surface area contributed by atoms with E-state index in [2.05, 4.69) is 0 Å². The number of rotatable bonds is 9. The Morgan fingerprint density at radius 1 is 1.10 bits per heavy atom. The topological polar surface area (TPSA) is 70.1 Å². The van der Waals surface area contributed by atoms with Gasteiger partial charge >= 0.3 is 6.18 Å². The summed E-state index contributed by atoms with van der Waals surface area (Å²) in [5.41, 5.74) is -4.89. The minimum atomic E-state index is -5.48. The Morgan fingerprint density at radius 2 is 1.70 bits per heavy atom. The maximum Gasteiger partial charge on any atom is 0.430 e. The summed E-state index contributed by atoms with van der Waals surface area (Å²) >= 11 is 6.22. The average molecular weight is 591 g/mol. The number of hydrogen-bond donors (Lipinski definition) is 1. The lowest BCUT2D eigenvalue weighted by Crippen LogP contribution is -2.57. The molecule has 2 atom stereocenters. The largest absolute Gasteiger partial charge is 0.493 e. The molecule has 0 spiro atoms. The van der Waals surface area contributed by atoms with E-state index in [9.17, 15) is 36.6 Å².